The van der Waals surface area contributed by atoms with Gasteiger partial charge in [0, 0.05) is 18.3 Å². The van der Waals surface area contributed by atoms with Gasteiger partial charge in [-0.15, -0.1) is 10.2 Å². The summed E-state index contributed by atoms with van der Waals surface area (Å²) >= 11 is 0. The number of hydrogen-bond donors (Lipinski definition) is 2. The Morgan fingerprint density at radius 2 is 2.10 bits per heavy atom. The lowest BCUT2D eigenvalue weighted by molar-refractivity contribution is -0.117. The third kappa shape index (κ3) is 3.21. The van der Waals surface area contributed by atoms with Gasteiger partial charge in [0.1, 0.15) is 6.33 Å². The Kier molecular flexibility index (Phi) is 4.47. The van der Waals surface area contributed by atoms with E-state index >= 15 is 0 Å². The molecule has 0 bridgehead atoms. The molecule has 106 valence electrons. The number of nitrogens with zero attached hydrogens (tertiary/aromatic N) is 3. The second kappa shape index (κ2) is 6.29. The number of rotatable bonds is 5. The lowest BCUT2D eigenvalue weighted by Crippen LogP contribution is -2.35. The molecule has 1 amide bonds. The largest absolute Gasteiger partial charge is 0.325 e. The number of amides is 1. The molecule has 0 saturated carbocycles. The number of nitrogens with one attached hydrogen (secondary N) is 1. The van der Waals surface area contributed by atoms with Gasteiger partial charge >= 0.3 is 0 Å². The number of aryl methyl sites for hydroxylation is 1. The highest BCUT2D eigenvalue weighted by Crippen LogP contribution is 2.18. The Bertz CT molecular complexity index is 576. The molecule has 0 aliphatic rings. The zero-order chi connectivity index (χ0) is 14.5. The topological polar surface area (TPSA) is 85.8 Å². The van der Waals surface area contributed by atoms with Crippen LogP contribution in [0.4, 0.5) is 5.69 Å². The minimum Gasteiger partial charge on any atom is -0.325 e. The fraction of sp³-hybridized carbons (Fsp3) is 0.357. The maximum atomic E-state index is 11.8. The SMILES string of the molecule is CCC[C@H](N)C(=O)Nc1ccc(-c2nncn2C)cc1. The number of carbonyl (C=O) groups is 1. The zero-order valence-corrected chi connectivity index (χ0v) is 11.7. The molecule has 0 unspecified atom stereocenters. The minimum absolute atomic E-state index is 0.154. The lowest BCUT2D eigenvalue weighted by Gasteiger charge is -2.11. The van der Waals surface area contributed by atoms with E-state index in [2.05, 4.69) is 15.5 Å². The number of anilines is 1. The van der Waals surface area contributed by atoms with Crippen molar-refractivity contribution < 1.29 is 4.79 Å². The fourth-order valence-corrected chi connectivity index (χ4v) is 1.92. The fourth-order valence-electron chi connectivity index (χ4n) is 1.92. The minimum atomic E-state index is -0.460. The van der Waals surface area contributed by atoms with E-state index < -0.39 is 6.04 Å². The lowest BCUT2D eigenvalue weighted by atomic mass is 10.1. The van der Waals surface area contributed by atoms with Crippen molar-refractivity contribution in [2.45, 2.75) is 25.8 Å². The first-order valence-corrected chi connectivity index (χ1v) is 6.62. The molecule has 6 nitrogen and oxygen atoms in total. The summed E-state index contributed by atoms with van der Waals surface area (Å²) in [5, 5.41) is 10.7. The maximum Gasteiger partial charge on any atom is 0.241 e. The predicted octanol–water partition coefficient (Wildman–Crippen LogP) is 1.55. The van der Waals surface area contributed by atoms with E-state index in [4.69, 9.17) is 5.73 Å². The van der Waals surface area contributed by atoms with Crippen LogP contribution in [0.2, 0.25) is 0 Å². The van der Waals surface area contributed by atoms with Crippen LogP contribution in [-0.4, -0.2) is 26.7 Å². The van der Waals surface area contributed by atoms with Crippen LogP contribution in [-0.2, 0) is 11.8 Å². The van der Waals surface area contributed by atoms with Crippen LogP contribution < -0.4 is 11.1 Å². The molecule has 2 aromatic rings. The van der Waals surface area contributed by atoms with E-state index in [1.807, 2.05) is 42.8 Å². The molecule has 1 aromatic carbocycles. The van der Waals surface area contributed by atoms with Crippen molar-refractivity contribution >= 4 is 11.6 Å². The number of hydrogen-bond acceptors (Lipinski definition) is 4. The molecule has 3 N–H and O–H groups in total. The Balaban J connectivity index is 2.06. The van der Waals surface area contributed by atoms with E-state index in [1.54, 1.807) is 6.33 Å². The Hall–Kier alpha value is -2.21. The first-order chi connectivity index (χ1) is 9.61. The highest BCUT2D eigenvalue weighted by atomic mass is 16.2. The monoisotopic (exact) mass is 273 g/mol. The van der Waals surface area contributed by atoms with Gasteiger partial charge in [-0.25, -0.2) is 0 Å². The summed E-state index contributed by atoms with van der Waals surface area (Å²) in [6.45, 7) is 2.00. The van der Waals surface area contributed by atoms with Crippen molar-refractivity contribution in [2.75, 3.05) is 5.32 Å². The van der Waals surface area contributed by atoms with Gasteiger partial charge in [-0.1, -0.05) is 13.3 Å². The number of aromatic nitrogens is 3. The van der Waals surface area contributed by atoms with E-state index in [0.29, 0.717) is 6.42 Å². The standard InChI is InChI=1S/C14H19N5O/c1-3-4-12(15)14(20)17-11-7-5-10(6-8-11)13-18-16-9-19(13)2/h5-9,12H,3-4,15H2,1-2H3,(H,17,20)/t12-/m0/s1. The molecule has 0 aliphatic heterocycles. The molecule has 1 aromatic heterocycles. The summed E-state index contributed by atoms with van der Waals surface area (Å²) in [4.78, 5) is 11.8. The smallest absolute Gasteiger partial charge is 0.241 e. The second-order valence-electron chi connectivity index (χ2n) is 4.73. The first kappa shape index (κ1) is 14.2. The normalized spacial score (nSPS) is 12.2. The van der Waals surface area contributed by atoms with Crippen LogP contribution >= 0.6 is 0 Å². The van der Waals surface area contributed by atoms with E-state index in [0.717, 1.165) is 23.5 Å². The molecular formula is C14H19N5O. The van der Waals surface area contributed by atoms with Crippen molar-refractivity contribution in [1.82, 2.24) is 14.8 Å². The molecule has 0 radical (unpaired) electrons. The van der Waals surface area contributed by atoms with Crippen molar-refractivity contribution in [1.29, 1.82) is 0 Å². The summed E-state index contributed by atoms with van der Waals surface area (Å²) in [6.07, 6.45) is 3.22. The summed E-state index contributed by atoms with van der Waals surface area (Å²) in [5.74, 6) is 0.629. The van der Waals surface area contributed by atoms with Crippen LogP contribution in [0.1, 0.15) is 19.8 Å². The molecule has 0 saturated heterocycles. The Morgan fingerprint density at radius 3 is 2.65 bits per heavy atom. The molecule has 0 spiro atoms. The third-order valence-electron chi connectivity index (χ3n) is 3.06. The average molecular weight is 273 g/mol. The van der Waals surface area contributed by atoms with Crippen molar-refractivity contribution in [3.63, 3.8) is 0 Å². The maximum absolute atomic E-state index is 11.8. The molecule has 2 rings (SSSR count). The van der Waals surface area contributed by atoms with Crippen LogP contribution in [0.3, 0.4) is 0 Å². The first-order valence-electron chi connectivity index (χ1n) is 6.62. The Morgan fingerprint density at radius 1 is 1.40 bits per heavy atom. The number of carbonyl (C=O) groups excluding carboxylic acids is 1. The summed E-state index contributed by atoms with van der Waals surface area (Å²) < 4.78 is 1.84. The molecule has 20 heavy (non-hydrogen) atoms. The highest BCUT2D eigenvalue weighted by Gasteiger charge is 2.12. The van der Waals surface area contributed by atoms with Crippen molar-refractivity contribution in [2.24, 2.45) is 12.8 Å². The molecule has 6 heteroatoms. The van der Waals surface area contributed by atoms with Crippen LogP contribution in [0, 0.1) is 0 Å². The predicted molar refractivity (Wildman–Crippen MR) is 78.0 cm³/mol. The summed E-state index contributed by atoms with van der Waals surface area (Å²) in [6, 6.07) is 7.00. The molecular weight excluding hydrogens is 254 g/mol. The van der Waals surface area contributed by atoms with Crippen LogP contribution in [0.15, 0.2) is 30.6 Å². The quantitative estimate of drug-likeness (QED) is 0.865. The second-order valence-corrected chi connectivity index (χ2v) is 4.73. The summed E-state index contributed by atoms with van der Waals surface area (Å²) in [5.41, 5.74) is 7.44. The molecule has 1 atom stereocenters. The zero-order valence-electron chi connectivity index (χ0n) is 11.7. The van der Waals surface area contributed by atoms with Crippen molar-refractivity contribution in [3.8, 4) is 11.4 Å². The van der Waals surface area contributed by atoms with Gasteiger partial charge in [0.05, 0.1) is 6.04 Å². The van der Waals surface area contributed by atoms with Gasteiger partial charge in [0.15, 0.2) is 5.82 Å². The Labute approximate surface area is 118 Å². The molecule has 0 aliphatic carbocycles. The van der Waals surface area contributed by atoms with E-state index in [9.17, 15) is 4.79 Å². The van der Waals surface area contributed by atoms with Gasteiger partial charge < -0.3 is 15.6 Å². The van der Waals surface area contributed by atoms with Gasteiger partial charge in [-0.05, 0) is 30.7 Å². The van der Waals surface area contributed by atoms with Gasteiger partial charge in [0.25, 0.3) is 0 Å². The van der Waals surface area contributed by atoms with Gasteiger partial charge in [0.2, 0.25) is 5.91 Å². The number of benzene rings is 1. The van der Waals surface area contributed by atoms with E-state index in [1.165, 1.54) is 0 Å². The molecule has 0 fully saturated rings. The van der Waals surface area contributed by atoms with Gasteiger partial charge in [-0.2, -0.15) is 0 Å². The highest BCUT2D eigenvalue weighted by molar-refractivity contribution is 5.94. The molecule has 1 heterocycles. The summed E-state index contributed by atoms with van der Waals surface area (Å²) in [7, 11) is 1.88. The van der Waals surface area contributed by atoms with E-state index in [-0.39, 0.29) is 5.91 Å². The van der Waals surface area contributed by atoms with Gasteiger partial charge in [-0.3, -0.25) is 4.79 Å². The van der Waals surface area contributed by atoms with Crippen LogP contribution in [0.5, 0.6) is 0 Å². The third-order valence-corrected chi connectivity index (χ3v) is 3.06. The number of nitrogens with two attached hydrogens (primary N) is 1. The van der Waals surface area contributed by atoms with Crippen LogP contribution in [0.25, 0.3) is 11.4 Å². The average Bonchev–Trinajstić information content (AvgIpc) is 2.86. The van der Waals surface area contributed by atoms with Crippen molar-refractivity contribution in [3.05, 3.63) is 30.6 Å².